The Morgan fingerprint density at radius 1 is 1.28 bits per heavy atom. The number of benzene rings is 1. The number of hydrogen-bond acceptors (Lipinski definition) is 2. The number of carbonyl (C=O) groups excluding carboxylic acids is 1. The number of nitrogens with two attached hydrogens (primary N) is 1. The number of carbonyl (C=O) groups is 1. The third kappa shape index (κ3) is 2.87. The van der Waals surface area contributed by atoms with Gasteiger partial charge in [-0.05, 0) is 12.1 Å². The Morgan fingerprint density at radius 2 is 1.83 bits per heavy atom. The van der Waals surface area contributed by atoms with Crippen LogP contribution in [0.15, 0.2) is 18.2 Å². The Balaban J connectivity index is 3.17. The summed E-state index contributed by atoms with van der Waals surface area (Å²) in [7, 11) is 0. The van der Waals surface area contributed by atoms with Crippen molar-refractivity contribution in [3.05, 3.63) is 35.1 Å². The fourth-order valence-electron chi connectivity index (χ4n) is 1.37. The van der Waals surface area contributed by atoms with Crippen LogP contribution in [0.25, 0.3) is 0 Å². The number of hydrogen-bond donors (Lipinski definition) is 1. The molecule has 100 valence electrons. The van der Waals surface area contributed by atoms with Crippen molar-refractivity contribution in [2.24, 2.45) is 11.1 Å². The fourth-order valence-corrected chi connectivity index (χ4v) is 1.37. The van der Waals surface area contributed by atoms with E-state index in [0.29, 0.717) is 12.1 Å². The van der Waals surface area contributed by atoms with E-state index in [4.69, 9.17) is 5.73 Å². The molecule has 0 fully saturated rings. The van der Waals surface area contributed by atoms with Crippen LogP contribution in [0.4, 0.5) is 17.6 Å². The molecule has 0 unspecified atom stereocenters. The molecule has 0 saturated carbocycles. The van der Waals surface area contributed by atoms with Gasteiger partial charge in [0.2, 0.25) is 0 Å². The van der Waals surface area contributed by atoms with Gasteiger partial charge in [-0.15, -0.1) is 0 Å². The van der Waals surface area contributed by atoms with E-state index in [2.05, 4.69) is 0 Å². The van der Waals surface area contributed by atoms with Crippen LogP contribution in [-0.2, 0) is 6.18 Å². The molecule has 0 aliphatic heterocycles. The summed E-state index contributed by atoms with van der Waals surface area (Å²) in [6.45, 7) is 3.12. The predicted molar refractivity (Wildman–Crippen MR) is 58.6 cm³/mol. The van der Waals surface area contributed by atoms with Crippen molar-refractivity contribution in [2.45, 2.75) is 20.0 Å². The quantitative estimate of drug-likeness (QED) is 0.673. The number of Topliss-reactive ketones (excluding diaryl/α,β-unsaturated/α-hetero) is 1. The molecule has 1 aromatic carbocycles. The van der Waals surface area contributed by atoms with Crippen LogP contribution in [0.2, 0.25) is 0 Å². The van der Waals surface area contributed by atoms with Crippen LogP contribution in [0.3, 0.4) is 0 Å². The highest BCUT2D eigenvalue weighted by Crippen LogP contribution is 2.32. The third-order valence-electron chi connectivity index (χ3n) is 2.66. The van der Waals surface area contributed by atoms with E-state index in [9.17, 15) is 22.4 Å². The SMILES string of the molecule is CC(C)(CN)C(=O)c1ccc(C(F)(F)F)c(F)c1. The fraction of sp³-hybridized carbons (Fsp3) is 0.417. The Kier molecular flexibility index (Phi) is 3.81. The lowest BCUT2D eigenvalue weighted by atomic mass is 9.84. The maximum absolute atomic E-state index is 13.3. The molecule has 0 saturated heterocycles. The largest absolute Gasteiger partial charge is 0.419 e. The average Bonchev–Trinajstić information content (AvgIpc) is 2.26. The molecule has 0 aromatic heterocycles. The van der Waals surface area contributed by atoms with Gasteiger partial charge in [0, 0.05) is 17.5 Å². The number of halogens is 4. The molecular weight excluding hydrogens is 250 g/mol. The molecule has 1 aromatic rings. The first-order valence-corrected chi connectivity index (χ1v) is 5.21. The van der Waals surface area contributed by atoms with E-state index < -0.39 is 28.8 Å². The van der Waals surface area contributed by atoms with Gasteiger partial charge in [0.1, 0.15) is 5.82 Å². The Hall–Kier alpha value is -1.43. The van der Waals surface area contributed by atoms with Gasteiger partial charge in [0.05, 0.1) is 5.56 Å². The van der Waals surface area contributed by atoms with Crippen LogP contribution >= 0.6 is 0 Å². The molecule has 1 rings (SSSR count). The Bertz CT molecular complexity index is 466. The first-order chi connectivity index (χ1) is 8.09. The van der Waals surface area contributed by atoms with Crippen molar-refractivity contribution in [2.75, 3.05) is 6.54 Å². The maximum atomic E-state index is 13.3. The molecule has 0 aliphatic rings. The highest BCUT2D eigenvalue weighted by atomic mass is 19.4. The van der Waals surface area contributed by atoms with E-state index >= 15 is 0 Å². The summed E-state index contributed by atoms with van der Waals surface area (Å²) >= 11 is 0. The topological polar surface area (TPSA) is 43.1 Å². The van der Waals surface area contributed by atoms with Gasteiger partial charge >= 0.3 is 6.18 Å². The second-order valence-electron chi connectivity index (χ2n) is 4.61. The van der Waals surface area contributed by atoms with Crippen molar-refractivity contribution < 1.29 is 22.4 Å². The summed E-state index contributed by atoms with van der Waals surface area (Å²) < 4.78 is 50.3. The first kappa shape index (κ1) is 14.6. The third-order valence-corrected chi connectivity index (χ3v) is 2.66. The van der Waals surface area contributed by atoms with Crippen molar-refractivity contribution in [1.82, 2.24) is 0 Å². The van der Waals surface area contributed by atoms with Crippen molar-refractivity contribution in [3.8, 4) is 0 Å². The van der Waals surface area contributed by atoms with Gasteiger partial charge in [-0.25, -0.2) is 4.39 Å². The molecule has 0 spiro atoms. The summed E-state index contributed by atoms with van der Waals surface area (Å²) in [5.74, 6) is -1.95. The molecule has 18 heavy (non-hydrogen) atoms. The number of ketones is 1. The molecule has 2 nitrogen and oxygen atoms in total. The molecule has 0 bridgehead atoms. The van der Waals surface area contributed by atoms with Gasteiger partial charge in [0.15, 0.2) is 5.78 Å². The lowest BCUT2D eigenvalue weighted by Crippen LogP contribution is -2.32. The second-order valence-corrected chi connectivity index (χ2v) is 4.61. The van der Waals surface area contributed by atoms with Gasteiger partial charge in [-0.1, -0.05) is 19.9 Å². The number of rotatable bonds is 3. The molecule has 0 atom stereocenters. The predicted octanol–water partition coefficient (Wildman–Crippen LogP) is 3.01. The van der Waals surface area contributed by atoms with Gasteiger partial charge < -0.3 is 5.73 Å². The molecule has 0 radical (unpaired) electrons. The van der Waals surface area contributed by atoms with E-state index in [-0.39, 0.29) is 12.1 Å². The highest BCUT2D eigenvalue weighted by molar-refractivity contribution is 6.00. The second kappa shape index (κ2) is 4.68. The Labute approximate surface area is 102 Å². The molecule has 0 amide bonds. The summed E-state index contributed by atoms with van der Waals surface area (Å²) in [4.78, 5) is 11.9. The maximum Gasteiger partial charge on any atom is 0.419 e. The zero-order valence-corrected chi connectivity index (χ0v) is 9.94. The monoisotopic (exact) mass is 263 g/mol. The summed E-state index contributed by atoms with van der Waals surface area (Å²) in [5, 5.41) is 0. The lowest BCUT2D eigenvalue weighted by Gasteiger charge is -2.21. The van der Waals surface area contributed by atoms with Crippen LogP contribution in [0.5, 0.6) is 0 Å². The summed E-state index contributed by atoms with van der Waals surface area (Å²) in [6, 6.07) is 2.13. The normalized spacial score (nSPS) is 12.6. The molecule has 0 heterocycles. The van der Waals surface area contributed by atoms with E-state index in [1.54, 1.807) is 13.8 Å². The van der Waals surface area contributed by atoms with Gasteiger partial charge in [-0.3, -0.25) is 4.79 Å². The average molecular weight is 263 g/mol. The van der Waals surface area contributed by atoms with Crippen molar-refractivity contribution in [3.63, 3.8) is 0 Å². The van der Waals surface area contributed by atoms with Crippen molar-refractivity contribution in [1.29, 1.82) is 0 Å². The van der Waals surface area contributed by atoms with E-state index in [0.717, 1.165) is 6.07 Å². The zero-order chi connectivity index (χ0) is 14.1. The van der Waals surface area contributed by atoms with Crippen LogP contribution in [-0.4, -0.2) is 12.3 Å². The lowest BCUT2D eigenvalue weighted by molar-refractivity contribution is -0.140. The van der Waals surface area contributed by atoms with Crippen LogP contribution in [0, 0.1) is 11.2 Å². The first-order valence-electron chi connectivity index (χ1n) is 5.21. The number of alkyl halides is 3. The standard InChI is InChI=1S/C12H13F4NO/c1-11(2,6-17)10(18)7-3-4-8(9(13)5-7)12(14,15)16/h3-5H,6,17H2,1-2H3. The van der Waals surface area contributed by atoms with Gasteiger partial charge in [-0.2, -0.15) is 13.2 Å². The smallest absolute Gasteiger partial charge is 0.329 e. The van der Waals surface area contributed by atoms with E-state index in [1.165, 1.54) is 0 Å². The van der Waals surface area contributed by atoms with Crippen LogP contribution in [0.1, 0.15) is 29.8 Å². The molecule has 0 aliphatic carbocycles. The molecular formula is C12H13F4NO. The minimum atomic E-state index is -4.77. The zero-order valence-electron chi connectivity index (χ0n) is 9.94. The highest BCUT2D eigenvalue weighted by Gasteiger charge is 2.35. The van der Waals surface area contributed by atoms with Gasteiger partial charge in [0.25, 0.3) is 0 Å². The minimum Gasteiger partial charge on any atom is -0.329 e. The summed E-state index contributed by atoms with van der Waals surface area (Å²) in [6.07, 6.45) is -4.77. The molecule has 6 heteroatoms. The van der Waals surface area contributed by atoms with Crippen LogP contribution < -0.4 is 5.73 Å². The van der Waals surface area contributed by atoms with E-state index in [1.807, 2.05) is 0 Å². The Morgan fingerprint density at radius 3 is 2.22 bits per heavy atom. The summed E-state index contributed by atoms with van der Waals surface area (Å²) in [5.41, 5.74) is 2.95. The molecule has 2 N–H and O–H groups in total. The minimum absolute atomic E-state index is 0.0223. The van der Waals surface area contributed by atoms with Crippen molar-refractivity contribution >= 4 is 5.78 Å².